The van der Waals surface area contributed by atoms with Crippen LogP contribution in [0, 0.1) is 0 Å². The number of rotatable bonds is 8. The number of fused-ring (bicyclic) bond motifs is 3. The van der Waals surface area contributed by atoms with Gasteiger partial charge in [-0.15, -0.1) is 0 Å². The molecule has 1 aliphatic carbocycles. The number of hydrogen-bond donors (Lipinski definition) is 3. The smallest absolute Gasteiger partial charge is 0.407 e. The Morgan fingerprint density at radius 3 is 2.20 bits per heavy atom. The number of alkyl carbamates (subject to hydrolysis) is 1. The molecule has 0 bridgehead atoms. The molecular formula is C26H23BrN2O6. The number of ether oxygens (including phenoxy) is 2. The van der Waals surface area contributed by atoms with Crippen LogP contribution in [0.25, 0.3) is 11.1 Å². The van der Waals surface area contributed by atoms with Crippen LogP contribution in [0.4, 0.5) is 10.5 Å². The zero-order valence-electron chi connectivity index (χ0n) is 18.8. The van der Waals surface area contributed by atoms with Gasteiger partial charge in [0.15, 0.2) is 0 Å². The van der Waals surface area contributed by atoms with Gasteiger partial charge in [-0.2, -0.15) is 0 Å². The van der Waals surface area contributed by atoms with Crippen LogP contribution >= 0.6 is 15.9 Å². The summed E-state index contributed by atoms with van der Waals surface area (Å²) in [6.07, 6.45) is -0.746. The van der Waals surface area contributed by atoms with Crippen molar-refractivity contribution in [1.29, 1.82) is 0 Å². The normalized spacial score (nSPS) is 12.9. The number of carbonyl (C=O) groups is 3. The molecule has 0 heterocycles. The Hall–Kier alpha value is -3.69. The quantitative estimate of drug-likeness (QED) is 0.385. The third-order valence-electron chi connectivity index (χ3n) is 5.76. The van der Waals surface area contributed by atoms with Crippen molar-refractivity contribution in [1.82, 2.24) is 5.32 Å². The van der Waals surface area contributed by atoms with Crippen LogP contribution in [0.5, 0.6) is 0 Å². The second kappa shape index (κ2) is 10.7. The van der Waals surface area contributed by atoms with Crippen molar-refractivity contribution in [3.05, 3.63) is 87.9 Å². The van der Waals surface area contributed by atoms with Crippen molar-refractivity contribution in [3.63, 3.8) is 0 Å². The molecule has 0 spiro atoms. The summed E-state index contributed by atoms with van der Waals surface area (Å²) in [6.45, 7) is 0.0320. The van der Waals surface area contributed by atoms with E-state index >= 15 is 0 Å². The van der Waals surface area contributed by atoms with E-state index in [4.69, 9.17) is 14.6 Å². The number of carboxylic acid groups (broad SMARTS) is 1. The highest BCUT2D eigenvalue weighted by Crippen LogP contribution is 2.44. The summed E-state index contributed by atoms with van der Waals surface area (Å²) >= 11 is 3.25. The maximum atomic E-state index is 12.8. The first kappa shape index (κ1) is 24.4. The molecular weight excluding hydrogens is 516 g/mol. The molecule has 35 heavy (non-hydrogen) atoms. The summed E-state index contributed by atoms with van der Waals surface area (Å²) in [6, 6.07) is 19.2. The topological polar surface area (TPSA) is 114 Å². The van der Waals surface area contributed by atoms with Crippen molar-refractivity contribution < 1.29 is 29.0 Å². The lowest BCUT2D eigenvalue weighted by Crippen LogP contribution is -2.47. The van der Waals surface area contributed by atoms with Crippen LogP contribution in [-0.4, -0.2) is 49.4 Å². The molecule has 0 radical (unpaired) electrons. The van der Waals surface area contributed by atoms with Gasteiger partial charge in [-0.3, -0.25) is 4.79 Å². The van der Waals surface area contributed by atoms with Gasteiger partial charge in [0.25, 0.3) is 0 Å². The van der Waals surface area contributed by atoms with Gasteiger partial charge in [-0.25, -0.2) is 9.59 Å². The van der Waals surface area contributed by atoms with E-state index in [2.05, 4.69) is 26.6 Å². The molecule has 0 aliphatic heterocycles. The Morgan fingerprint density at radius 1 is 1.00 bits per heavy atom. The number of anilines is 1. The van der Waals surface area contributed by atoms with Gasteiger partial charge < -0.3 is 25.2 Å². The monoisotopic (exact) mass is 538 g/mol. The minimum absolute atomic E-state index is 0.0695. The van der Waals surface area contributed by atoms with Gasteiger partial charge in [-0.1, -0.05) is 48.5 Å². The first-order chi connectivity index (χ1) is 16.9. The molecule has 2 amide bonds. The molecule has 1 atom stereocenters. The Morgan fingerprint density at radius 2 is 1.63 bits per heavy atom. The lowest BCUT2D eigenvalue weighted by Gasteiger charge is -2.19. The first-order valence-electron chi connectivity index (χ1n) is 10.8. The van der Waals surface area contributed by atoms with Gasteiger partial charge in [-0.05, 0) is 56.4 Å². The van der Waals surface area contributed by atoms with Crippen LogP contribution < -0.4 is 10.6 Å². The van der Waals surface area contributed by atoms with Crippen LogP contribution in [0.1, 0.15) is 27.4 Å². The van der Waals surface area contributed by atoms with Crippen molar-refractivity contribution in [2.24, 2.45) is 0 Å². The van der Waals surface area contributed by atoms with Crippen LogP contribution in [0.3, 0.4) is 0 Å². The molecule has 4 rings (SSSR count). The van der Waals surface area contributed by atoms with E-state index in [0.717, 1.165) is 22.3 Å². The zero-order valence-corrected chi connectivity index (χ0v) is 20.4. The van der Waals surface area contributed by atoms with E-state index < -0.39 is 24.0 Å². The highest BCUT2D eigenvalue weighted by Gasteiger charge is 2.30. The fraction of sp³-hybridized carbons (Fsp3) is 0.192. The van der Waals surface area contributed by atoms with E-state index in [1.807, 2.05) is 48.5 Å². The largest absolute Gasteiger partial charge is 0.478 e. The van der Waals surface area contributed by atoms with Gasteiger partial charge in [0.2, 0.25) is 5.91 Å². The van der Waals surface area contributed by atoms with E-state index in [1.54, 1.807) is 0 Å². The van der Waals surface area contributed by atoms with Crippen LogP contribution in [-0.2, 0) is 14.3 Å². The number of carbonyl (C=O) groups excluding carboxylic acids is 2. The third-order valence-corrected chi connectivity index (χ3v) is 6.42. The molecule has 8 nitrogen and oxygen atoms in total. The lowest BCUT2D eigenvalue weighted by atomic mass is 9.98. The minimum atomic E-state index is -1.09. The molecule has 0 saturated heterocycles. The zero-order chi connectivity index (χ0) is 24.9. The minimum Gasteiger partial charge on any atom is -0.478 e. The molecule has 3 aromatic rings. The van der Waals surface area contributed by atoms with E-state index in [-0.39, 0.29) is 24.7 Å². The summed E-state index contributed by atoms with van der Waals surface area (Å²) in [4.78, 5) is 36.5. The molecule has 1 unspecified atom stereocenters. The Kier molecular flexibility index (Phi) is 7.48. The maximum Gasteiger partial charge on any atom is 0.407 e. The predicted molar refractivity (Wildman–Crippen MR) is 134 cm³/mol. The van der Waals surface area contributed by atoms with Gasteiger partial charge in [0.1, 0.15) is 12.6 Å². The average Bonchev–Trinajstić information content (AvgIpc) is 3.17. The number of carboxylic acids is 1. The van der Waals surface area contributed by atoms with E-state index in [9.17, 15) is 14.4 Å². The number of nitrogens with one attached hydrogen (secondary N) is 2. The van der Waals surface area contributed by atoms with Gasteiger partial charge in [0.05, 0.1) is 17.9 Å². The van der Waals surface area contributed by atoms with Crippen molar-refractivity contribution in [2.75, 3.05) is 25.6 Å². The summed E-state index contributed by atoms with van der Waals surface area (Å²) in [5.41, 5.74) is 4.83. The Bertz CT molecular complexity index is 1230. The Balaban J connectivity index is 1.41. The highest BCUT2D eigenvalue weighted by atomic mass is 79.9. The van der Waals surface area contributed by atoms with E-state index in [0.29, 0.717) is 10.2 Å². The Labute approximate surface area is 210 Å². The van der Waals surface area contributed by atoms with Crippen LogP contribution in [0.15, 0.2) is 71.2 Å². The number of benzene rings is 3. The van der Waals surface area contributed by atoms with Crippen molar-refractivity contribution in [2.45, 2.75) is 12.0 Å². The maximum absolute atomic E-state index is 12.8. The fourth-order valence-electron chi connectivity index (χ4n) is 4.10. The summed E-state index contributed by atoms with van der Waals surface area (Å²) in [5.74, 6) is -1.73. The molecule has 3 N–H and O–H groups in total. The van der Waals surface area contributed by atoms with Gasteiger partial charge in [0, 0.05) is 17.5 Å². The highest BCUT2D eigenvalue weighted by molar-refractivity contribution is 9.10. The summed E-state index contributed by atoms with van der Waals surface area (Å²) in [7, 11) is 1.41. The predicted octanol–water partition coefficient (Wildman–Crippen LogP) is 4.64. The summed E-state index contributed by atoms with van der Waals surface area (Å²) < 4.78 is 11.0. The number of amides is 2. The van der Waals surface area contributed by atoms with E-state index in [1.165, 1.54) is 25.3 Å². The number of halogens is 1. The molecule has 3 aromatic carbocycles. The van der Waals surface area contributed by atoms with Crippen LogP contribution in [0.2, 0.25) is 0 Å². The van der Waals surface area contributed by atoms with Crippen molar-refractivity contribution >= 4 is 39.6 Å². The fourth-order valence-corrected chi connectivity index (χ4v) is 4.58. The lowest BCUT2D eigenvalue weighted by molar-refractivity contribution is -0.119. The molecule has 1 aliphatic rings. The standard InChI is InChI=1S/C26H23BrN2O6/c1-34-14-23(24(30)28-22-11-10-15(25(31)32)12-21(22)27)29-26(33)35-13-20-18-8-4-2-6-16(18)17-7-3-5-9-19(17)20/h2-12,20,23H,13-14H2,1H3,(H,28,30)(H,29,33)(H,31,32). The molecule has 0 aromatic heterocycles. The number of methoxy groups -OCH3 is 1. The second-order valence-electron chi connectivity index (χ2n) is 7.97. The number of aromatic carboxylic acids is 1. The molecule has 9 heteroatoms. The molecule has 180 valence electrons. The second-order valence-corrected chi connectivity index (χ2v) is 8.82. The SMILES string of the molecule is COCC(NC(=O)OCC1c2ccccc2-c2ccccc21)C(=O)Nc1ccc(C(=O)O)cc1Br. The summed E-state index contributed by atoms with van der Waals surface area (Å²) in [5, 5.41) is 14.3. The van der Waals surface area contributed by atoms with Gasteiger partial charge >= 0.3 is 12.1 Å². The third kappa shape index (κ3) is 5.36. The molecule has 0 fully saturated rings. The average molecular weight is 539 g/mol. The first-order valence-corrected chi connectivity index (χ1v) is 11.6. The van der Waals surface area contributed by atoms with Crippen molar-refractivity contribution in [3.8, 4) is 11.1 Å². The number of hydrogen-bond acceptors (Lipinski definition) is 5. The molecule has 0 saturated carbocycles.